The van der Waals surface area contributed by atoms with Gasteiger partial charge in [-0.1, -0.05) is 26.2 Å². The van der Waals surface area contributed by atoms with Gasteiger partial charge in [0.15, 0.2) is 23.0 Å². The fourth-order valence-corrected chi connectivity index (χ4v) is 4.52. The predicted molar refractivity (Wildman–Crippen MR) is 160 cm³/mol. The molecule has 0 atom stereocenters. The fourth-order valence-electron chi connectivity index (χ4n) is 4.35. The van der Waals surface area contributed by atoms with Crippen LogP contribution in [-0.4, -0.2) is 68.0 Å². The van der Waals surface area contributed by atoms with Gasteiger partial charge in [0.1, 0.15) is 11.6 Å². The molecule has 0 radical (unpaired) electrons. The Balaban J connectivity index is 1.54. The minimum Gasteiger partial charge on any atom is -0.493 e. The number of aromatic nitrogens is 4. The highest BCUT2D eigenvalue weighted by Crippen LogP contribution is 2.36. The van der Waals surface area contributed by atoms with Crippen LogP contribution in [-0.2, 0) is 0 Å². The molecule has 3 N–H and O–H groups in total. The first-order chi connectivity index (χ1) is 19.5. The summed E-state index contributed by atoms with van der Waals surface area (Å²) in [6, 6.07) is 7.34. The average molecular weight is 570 g/mol. The van der Waals surface area contributed by atoms with Crippen molar-refractivity contribution in [2.24, 2.45) is 0 Å². The summed E-state index contributed by atoms with van der Waals surface area (Å²) in [5.74, 6) is 4.18. The van der Waals surface area contributed by atoms with Gasteiger partial charge in [-0.2, -0.15) is 4.98 Å². The summed E-state index contributed by atoms with van der Waals surface area (Å²) in [5.41, 5.74) is 1.39. The number of methoxy groups -OCH3 is 4. The lowest BCUT2D eigenvalue weighted by atomic mass is 10.2. The number of benzene rings is 2. The molecule has 12 heteroatoms. The molecule has 214 valence electrons. The Morgan fingerprint density at radius 2 is 1.12 bits per heavy atom. The van der Waals surface area contributed by atoms with Crippen LogP contribution >= 0.6 is 11.6 Å². The van der Waals surface area contributed by atoms with Gasteiger partial charge in [0.05, 0.1) is 39.5 Å². The summed E-state index contributed by atoms with van der Waals surface area (Å²) in [5, 5.41) is 11.9. The van der Waals surface area contributed by atoms with E-state index >= 15 is 0 Å². The van der Waals surface area contributed by atoms with Crippen molar-refractivity contribution in [3.05, 3.63) is 29.5 Å². The number of rotatable bonds is 15. The zero-order valence-corrected chi connectivity index (χ0v) is 24.3. The Morgan fingerprint density at radius 1 is 0.600 bits per heavy atom. The van der Waals surface area contributed by atoms with Crippen molar-refractivity contribution < 1.29 is 18.9 Å². The monoisotopic (exact) mass is 569 g/mol. The Morgan fingerprint density at radius 3 is 1.68 bits per heavy atom. The molecule has 0 spiro atoms. The van der Waals surface area contributed by atoms with Gasteiger partial charge in [0.25, 0.3) is 0 Å². The van der Waals surface area contributed by atoms with Gasteiger partial charge in [-0.05, 0) is 30.2 Å². The van der Waals surface area contributed by atoms with Crippen molar-refractivity contribution in [2.75, 3.05) is 64.0 Å². The molecule has 0 aliphatic heterocycles. The van der Waals surface area contributed by atoms with Gasteiger partial charge in [0, 0.05) is 42.5 Å². The first-order valence-corrected chi connectivity index (χ1v) is 13.6. The number of unbranched alkanes of at least 4 members (excludes halogenated alkanes) is 3. The lowest BCUT2D eigenvalue weighted by Crippen LogP contribution is -2.16. The smallest absolute Gasteiger partial charge is 0.225 e. The lowest BCUT2D eigenvalue weighted by Gasteiger charge is -2.15. The van der Waals surface area contributed by atoms with Crippen molar-refractivity contribution in [3.63, 3.8) is 0 Å². The maximum atomic E-state index is 6.21. The van der Waals surface area contributed by atoms with Crippen molar-refractivity contribution in [2.45, 2.75) is 32.6 Å². The first kappa shape index (κ1) is 29.0. The molecule has 0 aliphatic carbocycles. The highest BCUT2D eigenvalue weighted by molar-refractivity contribution is 6.28. The van der Waals surface area contributed by atoms with Crippen molar-refractivity contribution in [1.29, 1.82) is 0 Å². The molecule has 0 aliphatic rings. The summed E-state index contributed by atoms with van der Waals surface area (Å²) < 4.78 is 21.9. The molecule has 2 aromatic carbocycles. The lowest BCUT2D eigenvalue weighted by molar-refractivity contribution is 0.356. The van der Waals surface area contributed by atoms with Gasteiger partial charge >= 0.3 is 0 Å². The molecule has 0 fully saturated rings. The molecule has 0 saturated carbocycles. The molecule has 11 nitrogen and oxygen atoms in total. The quantitative estimate of drug-likeness (QED) is 0.119. The molecule has 0 saturated heterocycles. The third kappa shape index (κ3) is 6.77. The standard InChI is InChI=1S/C28H36ClN7O4/c1-6-7-8-9-10-32-28-34-20-16-24(40-5)22(38-3)14-18(20)26(36-28)31-12-11-30-25-17-13-21(37-2)23(39-4)15-19(17)33-27(29)35-25/h13-16H,6-12H2,1-5H3,(H,30,33,35)(H2,31,32,34,36). The van der Waals surface area contributed by atoms with Crippen LogP contribution in [0.3, 0.4) is 0 Å². The van der Waals surface area contributed by atoms with Crippen molar-refractivity contribution in [3.8, 4) is 23.0 Å². The normalized spacial score (nSPS) is 10.9. The average Bonchev–Trinajstić information content (AvgIpc) is 2.97. The van der Waals surface area contributed by atoms with E-state index in [1.54, 1.807) is 34.5 Å². The zero-order valence-electron chi connectivity index (χ0n) is 23.6. The number of hydrogen-bond acceptors (Lipinski definition) is 11. The Labute approximate surface area is 239 Å². The van der Waals surface area contributed by atoms with Gasteiger partial charge < -0.3 is 34.9 Å². The molecule has 0 amide bonds. The van der Waals surface area contributed by atoms with Crippen LogP contribution in [0.4, 0.5) is 17.6 Å². The van der Waals surface area contributed by atoms with Gasteiger partial charge in [-0.3, -0.25) is 0 Å². The number of fused-ring (bicyclic) bond motifs is 2. The molecular formula is C28H36ClN7O4. The van der Waals surface area contributed by atoms with E-state index in [1.165, 1.54) is 19.3 Å². The summed E-state index contributed by atoms with van der Waals surface area (Å²) in [4.78, 5) is 18.2. The van der Waals surface area contributed by atoms with E-state index in [9.17, 15) is 0 Å². The molecular weight excluding hydrogens is 534 g/mol. The molecule has 4 aromatic rings. The molecule has 0 unspecified atom stereocenters. The third-order valence-corrected chi connectivity index (χ3v) is 6.57. The first-order valence-electron chi connectivity index (χ1n) is 13.3. The second-order valence-corrected chi connectivity index (χ2v) is 9.36. The van der Waals surface area contributed by atoms with E-state index in [2.05, 4.69) is 32.8 Å². The van der Waals surface area contributed by atoms with E-state index in [4.69, 9.17) is 40.5 Å². The van der Waals surface area contributed by atoms with Crippen LogP contribution in [0.25, 0.3) is 21.8 Å². The minimum absolute atomic E-state index is 0.132. The van der Waals surface area contributed by atoms with Gasteiger partial charge in [-0.15, -0.1) is 0 Å². The molecule has 2 aromatic heterocycles. The fraction of sp³-hybridized carbons (Fsp3) is 0.429. The predicted octanol–water partition coefficient (Wildman–Crippen LogP) is 5.78. The van der Waals surface area contributed by atoms with Crippen LogP contribution in [0.5, 0.6) is 23.0 Å². The minimum atomic E-state index is 0.132. The topological polar surface area (TPSA) is 125 Å². The molecule has 40 heavy (non-hydrogen) atoms. The van der Waals surface area contributed by atoms with E-state index in [0.717, 1.165) is 29.3 Å². The SMILES string of the molecule is CCCCCCNc1nc(NCCNc2nc(Cl)nc3cc(OC)c(OC)cc23)c2cc(OC)c(OC)cc2n1. The van der Waals surface area contributed by atoms with Crippen LogP contribution in [0.1, 0.15) is 32.6 Å². The number of ether oxygens (including phenoxy) is 4. The van der Waals surface area contributed by atoms with Crippen molar-refractivity contribution >= 4 is 51.0 Å². The van der Waals surface area contributed by atoms with E-state index in [0.29, 0.717) is 59.2 Å². The summed E-state index contributed by atoms with van der Waals surface area (Å²) in [6.45, 7) is 4.06. The van der Waals surface area contributed by atoms with E-state index in [-0.39, 0.29) is 5.28 Å². The van der Waals surface area contributed by atoms with Crippen LogP contribution in [0.15, 0.2) is 24.3 Å². The van der Waals surface area contributed by atoms with Crippen LogP contribution in [0.2, 0.25) is 5.28 Å². The van der Waals surface area contributed by atoms with Crippen LogP contribution in [0, 0.1) is 0 Å². The molecule has 0 bridgehead atoms. The highest BCUT2D eigenvalue weighted by atomic mass is 35.5. The summed E-state index contributed by atoms with van der Waals surface area (Å²) in [6.07, 6.45) is 4.62. The molecule has 4 rings (SSSR count). The second kappa shape index (κ2) is 13.9. The van der Waals surface area contributed by atoms with Gasteiger partial charge in [0.2, 0.25) is 11.2 Å². The summed E-state index contributed by atoms with van der Waals surface area (Å²) in [7, 11) is 6.38. The van der Waals surface area contributed by atoms with Gasteiger partial charge in [-0.25, -0.2) is 15.0 Å². The number of nitrogens with zero attached hydrogens (tertiary/aromatic N) is 4. The number of anilines is 3. The number of nitrogens with one attached hydrogen (secondary N) is 3. The largest absolute Gasteiger partial charge is 0.493 e. The number of hydrogen-bond donors (Lipinski definition) is 3. The molecule has 2 heterocycles. The maximum absolute atomic E-state index is 6.21. The third-order valence-electron chi connectivity index (χ3n) is 6.40. The zero-order chi connectivity index (χ0) is 28.5. The van der Waals surface area contributed by atoms with Crippen molar-refractivity contribution in [1.82, 2.24) is 19.9 Å². The van der Waals surface area contributed by atoms with Crippen LogP contribution < -0.4 is 34.9 Å². The Hall–Kier alpha value is -3.99. The van der Waals surface area contributed by atoms with E-state index < -0.39 is 0 Å². The highest BCUT2D eigenvalue weighted by Gasteiger charge is 2.15. The van der Waals surface area contributed by atoms with E-state index in [1.807, 2.05) is 18.2 Å². The Bertz CT molecular complexity index is 1450. The maximum Gasteiger partial charge on any atom is 0.225 e. The second-order valence-electron chi connectivity index (χ2n) is 9.03. The number of halogens is 1. The Kier molecular flexibility index (Phi) is 10.1. The summed E-state index contributed by atoms with van der Waals surface area (Å²) >= 11 is 6.21.